The Morgan fingerprint density at radius 1 is 0.239 bits per heavy atom. The molecule has 3 aliphatic rings. The first kappa shape index (κ1) is 60.4. The zero-order valence-electron chi connectivity index (χ0n) is 54.5. The van der Waals surface area contributed by atoms with Crippen LogP contribution in [0.4, 0.5) is 0 Å². The standard InChI is InChI=1S/C38H31BO2.C32H19Br.C12H24B2O4/c1-37(2)38(3,4)41-39(40-37)28-18-12-25(13-19-28)30-20-14-26-17-23-34-32(21-15-27-16-22-33(30)35(26)36(27)34)31-11-7-9-24-8-5-6-10-29(24)31;33-24-14-8-21(9-15-24)26-16-10-22-13-19-30-28(17-11-23-12-18-29(26)31(22)32(23)30)27-7-3-5-20-4-1-2-6-25(20)27;1-9(2)10(3,4)16-13(15-9)14-17-11(5,6)12(7,8)18-14/h5-23H,1-4H3;1-19H;1-8H3. The molecule has 454 valence electrons. The molecule has 0 saturated carbocycles. The summed E-state index contributed by atoms with van der Waals surface area (Å²) in [6.07, 6.45) is 0. The van der Waals surface area contributed by atoms with Gasteiger partial charge in [0, 0.05) is 4.47 Å². The Morgan fingerprint density at radius 3 is 0.891 bits per heavy atom. The fourth-order valence-electron chi connectivity index (χ4n) is 13.9. The zero-order valence-corrected chi connectivity index (χ0v) is 56.1. The van der Waals surface area contributed by atoms with E-state index in [0.717, 1.165) is 9.94 Å². The molecule has 0 aromatic heterocycles. The fourth-order valence-corrected chi connectivity index (χ4v) is 14.2. The highest BCUT2D eigenvalue weighted by Crippen LogP contribution is 2.48. The second kappa shape index (κ2) is 22.1. The van der Waals surface area contributed by atoms with Crippen LogP contribution in [0.3, 0.4) is 0 Å². The Balaban J connectivity index is 0.000000123. The molecular weight excluding hydrogens is 1190 g/mol. The summed E-state index contributed by atoms with van der Waals surface area (Å²) in [6, 6.07) is 84.4. The molecule has 0 atom stereocenters. The highest BCUT2D eigenvalue weighted by Gasteiger charge is 2.64. The molecule has 0 unspecified atom stereocenters. The van der Waals surface area contributed by atoms with Gasteiger partial charge in [0.05, 0.1) is 33.6 Å². The van der Waals surface area contributed by atoms with Crippen LogP contribution in [-0.2, 0) is 27.9 Å². The van der Waals surface area contributed by atoms with E-state index >= 15 is 0 Å². The maximum atomic E-state index is 6.30. The lowest BCUT2D eigenvalue weighted by atomic mass is 9.49. The van der Waals surface area contributed by atoms with Gasteiger partial charge in [0.25, 0.3) is 0 Å². The number of hydrogen-bond acceptors (Lipinski definition) is 6. The third-order valence-corrected chi connectivity index (χ3v) is 21.7. The van der Waals surface area contributed by atoms with Crippen molar-refractivity contribution in [3.8, 4) is 44.5 Å². The van der Waals surface area contributed by atoms with E-state index in [9.17, 15) is 0 Å². The van der Waals surface area contributed by atoms with Crippen LogP contribution in [0.5, 0.6) is 0 Å². The maximum Gasteiger partial charge on any atom is 0.494 e. The monoisotopic (exact) mass is 1270 g/mol. The summed E-state index contributed by atoms with van der Waals surface area (Å²) < 4.78 is 37.5. The van der Waals surface area contributed by atoms with Crippen LogP contribution in [0.2, 0.25) is 0 Å². The van der Waals surface area contributed by atoms with E-state index in [4.69, 9.17) is 27.9 Å². The highest BCUT2D eigenvalue weighted by atomic mass is 79.9. The molecule has 0 radical (unpaired) electrons. The number of hydrogen-bond donors (Lipinski definition) is 0. The van der Waals surface area contributed by atoms with Gasteiger partial charge in [0.1, 0.15) is 0 Å². The predicted octanol–water partition coefficient (Wildman–Crippen LogP) is 21.5. The minimum absolute atomic E-state index is 0.354. The van der Waals surface area contributed by atoms with E-state index in [1.165, 1.54) is 131 Å². The molecule has 0 spiro atoms. The molecular formula is C82H74B3BrO6. The van der Waals surface area contributed by atoms with Gasteiger partial charge in [0.2, 0.25) is 0 Å². The fraction of sp³-hybridized carbons (Fsp3) is 0.220. The summed E-state index contributed by atoms with van der Waals surface area (Å²) in [7, 11) is -1.31. The van der Waals surface area contributed by atoms with Crippen molar-refractivity contribution in [2.75, 3.05) is 0 Å². The molecule has 0 amide bonds. The SMILES string of the molecule is Brc1ccc(-c2ccc3ccc4c(-c5cccc6ccccc56)ccc5ccc2c3c54)cc1.CC1(C)OB(B2OC(C)(C)C(C)(C)O2)OC1(C)C.CC1(C)OB(c2ccc(-c3ccc4ccc5c(-c6cccc7ccccc67)ccc6ccc3c4c65)cc2)OC1(C)C. The van der Waals surface area contributed by atoms with E-state index in [1.54, 1.807) is 0 Å². The zero-order chi connectivity index (χ0) is 63.9. The Kier molecular flexibility index (Phi) is 14.5. The second-order valence-corrected chi connectivity index (χ2v) is 29.2. The van der Waals surface area contributed by atoms with Crippen LogP contribution in [0, 0.1) is 0 Å². The molecule has 10 heteroatoms. The van der Waals surface area contributed by atoms with E-state index in [2.05, 4.69) is 274 Å². The van der Waals surface area contributed by atoms with Gasteiger partial charge in [-0.3, -0.25) is 0 Å². The van der Waals surface area contributed by atoms with E-state index in [0.29, 0.717) is 0 Å². The van der Waals surface area contributed by atoms with Crippen LogP contribution < -0.4 is 5.46 Å². The third-order valence-electron chi connectivity index (χ3n) is 21.2. The van der Waals surface area contributed by atoms with Crippen molar-refractivity contribution < 1.29 is 27.9 Å². The van der Waals surface area contributed by atoms with Gasteiger partial charge in [-0.15, -0.1) is 0 Å². The molecule has 3 saturated heterocycles. The first-order chi connectivity index (χ1) is 44.0. The predicted molar refractivity (Wildman–Crippen MR) is 393 cm³/mol. The second-order valence-electron chi connectivity index (χ2n) is 28.3. The van der Waals surface area contributed by atoms with Crippen molar-refractivity contribution >= 4 is 129 Å². The molecule has 17 rings (SSSR count). The number of halogens is 1. The summed E-state index contributed by atoms with van der Waals surface area (Å²) in [5.74, 6) is 0. The lowest BCUT2D eigenvalue weighted by Gasteiger charge is -2.32. The Labute approximate surface area is 549 Å². The average Bonchev–Trinajstić information content (AvgIpc) is 0.791. The van der Waals surface area contributed by atoms with Crippen LogP contribution >= 0.6 is 15.9 Å². The normalized spacial score (nSPS) is 17.8. The van der Waals surface area contributed by atoms with E-state index < -0.39 is 14.0 Å². The van der Waals surface area contributed by atoms with Crippen molar-refractivity contribution in [2.45, 2.75) is 117 Å². The molecule has 6 nitrogen and oxygen atoms in total. The Hall–Kier alpha value is -7.89. The molecule has 14 aromatic rings. The molecule has 14 aromatic carbocycles. The van der Waals surface area contributed by atoms with E-state index in [1.807, 2.05) is 55.4 Å². The summed E-state index contributed by atoms with van der Waals surface area (Å²) >= 11 is 3.57. The molecule has 0 bridgehead atoms. The minimum atomic E-state index is -0.476. The van der Waals surface area contributed by atoms with Crippen LogP contribution in [0.15, 0.2) is 235 Å². The molecule has 92 heavy (non-hydrogen) atoms. The number of rotatable bonds is 6. The topological polar surface area (TPSA) is 55.4 Å². The first-order valence-electron chi connectivity index (χ1n) is 32.3. The van der Waals surface area contributed by atoms with Crippen molar-refractivity contribution in [1.82, 2.24) is 0 Å². The van der Waals surface area contributed by atoms with Crippen molar-refractivity contribution in [2.24, 2.45) is 0 Å². The van der Waals surface area contributed by atoms with Gasteiger partial charge >= 0.3 is 21.1 Å². The van der Waals surface area contributed by atoms with Crippen molar-refractivity contribution in [3.05, 3.63) is 235 Å². The smallest absolute Gasteiger partial charge is 0.405 e. The summed E-state index contributed by atoms with van der Waals surface area (Å²) in [4.78, 5) is 0. The quantitative estimate of drug-likeness (QED) is 0.122. The largest absolute Gasteiger partial charge is 0.494 e. The van der Waals surface area contributed by atoms with Crippen LogP contribution in [0.25, 0.3) is 131 Å². The summed E-state index contributed by atoms with van der Waals surface area (Å²) in [5, 5.41) is 20.8. The van der Waals surface area contributed by atoms with Gasteiger partial charge in [-0.1, -0.05) is 234 Å². The van der Waals surface area contributed by atoms with Crippen LogP contribution in [-0.4, -0.2) is 54.7 Å². The Bertz CT molecular complexity index is 5080. The van der Waals surface area contributed by atoms with Crippen molar-refractivity contribution in [3.63, 3.8) is 0 Å². The Morgan fingerprint density at radius 2 is 0.522 bits per heavy atom. The molecule has 3 aliphatic heterocycles. The molecule has 3 heterocycles. The lowest BCUT2D eigenvalue weighted by Crippen LogP contribution is -2.41. The average molecular weight is 1270 g/mol. The van der Waals surface area contributed by atoms with Crippen molar-refractivity contribution in [1.29, 1.82) is 0 Å². The number of benzene rings is 14. The minimum Gasteiger partial charge on any atom is -0.405 e. The van der Waals surface area contributed by atoms with Crippen LogP contribution in [0.1, 0.15) is 83.1 Å². The molecule has 3 fully saturated rings. The maximum absolute atomic E-state index is 6.30. The van der Waals surface area contributed by atoms with Gasteiger partial charge in [0.15, 0.2) is 0 Å². The molecule has 0 aliphatic carbocycles. The highest BCUT2D eigenvalue weighted by molar-refractivity contribution is 9.10. The number of fused-ring (bicyclic) bond motifs is 2. The lowest BCUT2D eigenvalue weighted by molar-refractivity contribution is 0.00578. The van der Waals surface area contributed by atoms with Gasteiger partial charge in [-0.2, -0.15) is 0 Å². The van der Waals surface area contributed by atoms with Gasteiger partial charge < -0.3 is 27.9 Å². The third kappa shape index (κ3) is 10.1. The van der Waals surface area contributed by atoms with E-state index in [-0.39, 0.29) is 40.7 Å². The first-order valence-corrected chi connectivity index (χ1v) is 33.1. The summed E-state index contributed by atoms with van der Waals surface area (Å²) in [5.41, 5.74) is 8.99. The summed E-state index contributed by atoms with van der Waals surface area (Å²) in [6.45, 7) is 24.6. The van der Waals surface area contributed by atoms with Gasteiger partial charge in [-0.25, -0.2) is 0 Å². The van der Waals surface area contributed by atoms with Gasteiger partial charge in [-0.05, 0) is 231 Å². The molecule has 0 N–H and O–H groups in total.